The number of nitrogens with one attached hydrogen (secondary N) is 2. The lowest BCUT2D eigenvalue weighted by atomic mass is 9.85. The van der Waals surface area contributed by atoms with Crippen LogP contribution in [-0.2, 0) is 4.74 Å². The molecule has 0 bridgehead atoms. The van der Waals surface area contributed by atoms with E-state index in [0.717, 1.165) is 12.6 Å². The molecule has 2 aliphatic rings. The molecule has 1 aromatic heterocycles. The lowest BCUT2D eigenvalue weighted by Crippen LogP contribution is -2.49. The monoisotopic (exact) mass is 505 g/mol. The van der Waals surface area contributed by atoms with Crippen LogP contribution in [0.1, 0.15) is 33.1 Å². The van der Waals surface area contributed by atoms with Gasteiger partial charge < -0.3 is 25.0 Å². The van der Waals surface area contributed by atoms with Crippen LogP contribution in [0.15, 0.2) is 42.5 Å². The molecule has 1 aliphatic heterocycles. The third-order valence-electron chi connectivity index (χ3n) is 6.41. The lowest BCUT2D eigenvalue weighted by molar-refractivity contribution is 0.103. The number of rotatable bonds is 4. The maximum atomic E-state index is 13.5. The molecular formula is C27H34F3N3O3. The highest BCUT2D eigenvalue weighted by Crippen LogP contribution is 2.27. The molecule has 2 heterocycles. The number of aromatic nitrogens is 1. The number of aliphatic hydroxyl groups is 1. The molecule has 1 aliphatic carbocycles. The molecule has 196 valence electrons. The first-order chi connectivity index (χ1) is 17.3. The smallest absolute Gasteiger partial charge is 0.317 e. The topological polar surface area (TPSA) is 77.6 Å². The average molecular weight is 506 g/mol. The number of ether oxygens (including phenoxy) is 1. The maximum Gasteiger partial charge on any atom is 0.317 e. The van der Waals surface area contributed by atoms with Gasteiger partial charge in [0.25, 0.3) is 0 Å². The standard InChI is InChI=1S/C14H8F3N.C11H20N2O3.C2H6/c15-10-3-1-8(2-4-10)13-6-9-5-11(16)7-12(17)14(9)18-13;1-13(9-6-16-7-10(9)14)11(15)12-5-8-3-2-4-8;1-2/h1-7,18H;8-10,14H,2-7H2,1H3,(H,12,15);1-2H3. The van der Waals surface area contributed by atoms with Crippen LogP contribution in [0.2, 0.25) is 0 Å². The van der Waals surface area contributed by atoms with Crippen LogP contribution in [0.3, 0.4) is 0 Å². The summed E-state index contributed by atoms with van der Waals surface area (Å²) in [5.41, 5.74) is 1.58. The Balaban J connectivity index is 0.000000189. The number of aromatic amines is 1. The van der Waals surface area contributed by atoms with Crippen molar-refractivity contribution in [2.45, 2.75) is 45.3 Å². The second kappa shape index (κ2) is 12.8. The summed E-state index contributed by atoms with van der Waals surface area (Å²) in [5, 5.41) is 12.9. The zero-order chi connectivity index (χ0) is 26.2. The summed E-state index contributed by atoms with van der Waals surface area (Å²) < 4.78 is 44.5. The Labute approximate surface area is 209 Å². The van der Waals surface area contributed by atoms with Crippen molar-refractivity contribution in [2.75, 3.05) is 26.8 Å². The Bertz CT molecular complexity index is 1130. The van der Waals surface area contributed by atoms with Gasteiger partial charge in [-0.2, -0.15) is 0 Å². The van der Waals surface area contributed by atoms with Gasteiger partial charge in [-0.3, -0.25) is 0 Å². The second-order valence-corrected chi connectivity index (χ2v) is 8.81. The van der Waals surface area contributed by atoms with E-state index in [-0.39, 0.29) is 23.4 Å². The Hall–Kier alpha value is -3.04. The fourth-order valence-corrected chi connectivity index (χ4v) is 4.06. The predicted molar refractivity (Wildman–Crippen MR) is 134 cm³/mol. The van der Waals surface area contributed by atoms with E-state index >= 15 is 0 Å². The Morgan fingerprint density at radius 2 is 1.78 bits per heavy atom. The van der Waals surface area contributed by atoms with Gasteiger partial charge in [0.15, 0.2) is 0 Å². The highest BCUT2D eigenvalue weighted by Gasteiger charge is 2.32. The fourth-order valence-electron chi connectivity index (χ4n) is 4.06. The van der Waals surface area contributed by atoms with Gasteiger partial charge in [0.2, 0.25) is 0 Å². The summed E-state index contributed by atoms with van der Waals surface area (Å²) in [5.74, 6) is -0.947. The fraction of sp³-hybridized carbons (Fsp3) is 0.444. The number of H-pyrrole nitrogens is 1. The maximum absolute atomic E-state index is 13.5. The molecule has 9 heteroatoms. The van der Waals surface area contributed by atoms with Crippen LogP contribution in [0.25, 0.3) is 22.2 Å². The summed E-state index contributed by atoms with van der Waals surface area (Å²) >= 11 is 0. The number of likely N-dealkylation sites (N-methyl/N-ethyl adjacent to an activating group) is 1. The molecular weight excluding hydrogens is 471 g/mol. The quantitative estimate of drug-likeness (QED) is 0.440. The van der Waals surface area contributed by atoms with Gasteiger partial charge in [-0.25, -0.2) is 18.0 Å². The molecule has 3 N–H and O–H groups in total. The summed E-state index contributed by atoms with van der Waals surface area (Å²) in [4.78, 5) is 16.2. The van der Waals surface area contributed by atoms with Crippen molar-refractivity contribution in [2.24, 2.45) is 5.92 Å². The van der Waals surface area contributed by atoms with Gasteiger partial charge >= 0.3 is 6.03 Å². The minimum Gasteiger partial charge on any atom is -0.388 e. The number of hydrogen-bond acceptors (Lipinski definition) is 3. The first kappa shape index (κ1) is 27.5. The molecule has 0 radical (unpaired) electrons. The molecule has 2 unspecified atom stereocenters. The number of halogens is 3. The van der Waals surface area contributed by atoms with E-state index in [1.54, 1.807) is 30.1 Å². The van der Waals surface area contributed by atoms with Crippen LogP contribution < -0.4 is 5.32 Å². The molecule has 36 heavy (non-hydrogen) atoms. The van der Waals surface area contributed by atoms with Crippen molar-refractivity contribution in [3.8, 4) is 11.3 Å². The van der Waals surface area contributed by atoms with E-state index in [0.29, 0.717) is 35.8 Å². The summed E-state index contributed by atoms with van der Waals surface area (Å²) in [6.45, 7) is 5.51. The van der Waals surface area contributed by atoms with E-state index < -0.39 is 17.7 Å². The normalized spacial score (nSPS) is 19.0. The van der Waals surface area contributed by atoms with Crippen molar-refractivity contribution < 1.29 is 27.8 Å². The SMILES string of the molecule is CC.CN(C(=O)NCC1CCC1)C1COCC1O.Fc1ccc(-c2cc3cc(F)cc(F)c3[nH]2)cc1. The van der Waals surface area contributed by atoms with Crippen LogP contribution in [0.5, 0.6) is 0 Å². The van der Waals surface area contributed by atoms with Crippen LogP contribution in [-0.4, -0.2) is 60.0 Å². The lowest BCUT2D eigenvalue weighted by Gasteiger charge is -2.29. The molecule has 2 fully saturated rings. The average Bonchev–Trinajstić information content (AvgIpc) is 3.46. The van der Waals surface area contributed by atoms with Crippen LogP contribution >= 0.6 is 0 Å². The summed E-state index contributed by atoms with van der Waals surface area (Å²) in [6.07, 6.45) is 3.17. The van der Waals surface area contributed by atoms with E-state index in [1.807, 2.05) is 13.8 Å². The van der Waals surface area contributed by atoms with Gasteiger partial charge in [0.05, 0.1) is 30.9 Å². The number of amides is 2. The molecule has 2 amide bonds. The van der Waals surface area contributed by atoms with Gasteiger partial charge in [-0.05, 0) is 60.7 Å². The van der Waals surface area contributed by atoms with E-state index in [4.69, 9.17) is 4.74 Å². The Kier molecular flexibility index (Phi) is 9.78. The summed E-state index contributed by atoms with van der Waals surface area (Å²) in [6, 6.07) is 9.19. The molecule has 1 saturated carbocycles. The van der Waals surface area contributed by atoms with Crippen molar-refractivity contribution >= 4 is 16.9 Å². The zero-order valence-electron chi connectivity index (χ0n) is 20.9. The predicted octanol–water partition coefficient (Wildman–Crippen LogP) is 5.47. The number of benzene rings is 2. The number of nitrogens with zero attached hydrogens (tertiary/aromatic N) is 1. The number of carbonyl (C=O) groups is 1. The largest absolute Gasteiger partial charge is 0.388 e. The van der Waals surface area contributed by atoms with Gasteiger partial charge in [0, 0.05) is 30.7 Å². The molecule has 5 rings (SSSR count). The van der Waals surface area contributed by atoms with Crippen molar-refractivity contribution in [3.05, 3.63) is 59.9 Å². The number of carbonyl (C=O) groups excluding carboxylic acids is 1. The van der Waals surface area contributed by atoms with Crippen molar-refractivity contribution in [1.82, 2.24) is 15.2 Å². The van der Waals surface area contributed by atoms with Gasteiger partial charge in [-0.1, -0.05) is 20.3 Å². The number of urea groups is 1. The third-order valence-corrected chi connectivity index (χ3v) is 6.41. The first-order valence-electron chi connectivity index (χ1n) is 12.3. The van der Waals surface area contributed by atoms with Crippen LogP contribution in [0, 0.1) is 23.4 Å². The van der Waals surface area contributed by atoms with Gasteiger partial charge in [-0.15, -0.1) is 0 Å². The van der Waals surface area contributed by atoms with E-state index in [2.05, 4.69) is 10.3 Å². The molecule has 2 aromatic carbocycles. The van der Waals surface area contributed by atoms with E-state index in [9.17, 15) is 23.1 Å². The first-order valence-corrected chi connectivity index (χ1v) is 12.3. The minimum atomic E-state index is -0.640. The Morgan fingerprint density at radius 1 is 1.08 bits per heavy atom. The summed E-state index contributed by atoms with van der Waals surface area (Å²) in [7, 11) is 1.71. The van der Waals surface area contributed by atoms with Gasteiger partial charge in [0.1, 0.15) is 17.5 Å². The second-order valence-electron chi connectivity index (χ2n) is 8.81. The molecule has 1 saturated heterocycles. The number of aliphatic hydroxyl groups excluding tert-OH is 1. The minimum absolute atomic E-state index is 0.110. The third kappa shape index (κ3) is 6.79. The highest BCUT2D eigenvalue weighted by atomic mass is 19.1. The Morgan fingerprint density at radius 3 is 2.36 bits per heavy atom. The van der Waals surface area contributed by atoms with Crippen molar-refractivity contribution in [1.29, 1.82) is 0 Å². The highest BCUT2D eigenvalue weighted by molar-refractivity contribution is 5.86. The number of fused-ring (bicyclic) bond motifs is 1. The van der Waals surface area contributed by atoms with E-state index in [1.165, 1.54) is 37.5 Å². The molecule has 3 aromatic rings. The number of hydrogen-bond donors (Lipinski definition) is 3. The molecule has 2 atom stereocenters. The van der Waals surface area contributed by atoms with Crippen LogP contribution in [0.4, 0.5) is 18.0 Å². The molecule has 0 spiro atoms. The van der Waals surface area contributed by atoms with Crippen molar-refractivity contribution in [3.63, 3.8) is 0 Å². The molecule has 6 nitrogen and oxygen atoms in total. The zero-order valence-corrected chi connectivity index (χ0v) is 20.9.